The molecule has 3 atom stereocenters. The molecule has 1 aromatic heterocycles. The number of carbonyl (C=O) groups excluding carboxylic acids is 2. The first-order valence-electron chi connectivity index (χ1n) is 8.80. The van der Waals surface area contributed by atoms with Gasteiger partial charge in [0.1, 0.15) is 11.7 Å². The molecule has 0 spiro atoms. The average Bonchev–Trinajstić information content (AvgIpc) is 3.07. The van der Waals surface area contributed by atoms with E-state index in [1.807, 2.05) is 0 Å². The van der Waals surface area contributed by atoms with Crippen LogP contribution in [-0.2, 0) is 14.8 Å². The summed E-state index contributed by atoms with van der Waals surface area (Å²) in [4.78, 5) is 31.7. The number of piperidine rings is 1. The van der Waals surface area contributed by atoms with Crippen LogP contribution in [0.1, 0.15) is 21.9 Å². The maximum Gasteiger partial charge on any atom is 0.274 e. The summed E-state index contributed by atoms with van der Waals surface area (Å²) in [5.41, 5.74) is 6.90. The molecule has 1 aromatic carbocycles. The number of benzene rings is 1. The molecule has 28 heavy (non-hydrogen) atoms. The van der Waals surface area contributed by atoms with Crippen LogP contribution in [0.5, 0.6) is 0 Å². The molecule has 2 aromatic rings. The topological polar surface area (TPSA) is 122 Å². The standard InChI is InChI=1S/C18H20N4O4S2/c1-9-20-14(18(24)22-8-11-7-13(11)15(22)17(19)23)16(27-9)10-4-3-5-12(6-10)21-28(2,25)26/h3-6,11,13,15,21H,7-8H2,1-2H3,(H2,19,23)/t11-,13-,15-/m0/s1. The van der Waals surface area contributed by atoms with Crippen LogP contribution in [-0.4, -0.2) is 49.0 Å². The normalized spacial score (nSPS) is 23.4. The van der Waals surface area contributed by atoms with Crippen molar-refractivity contribution in [1.29, 1.82) is 0 Å². The number of aryl methyl sites for hydroxylation is 1. The van der Waals surface area contributed by atoms with Crippen LogP contribution in [0.15, 0.2) is 24.3 Å². The number of hydrogen-bond acceptors (Lipinski definition) is 6. The zero-order valence-corrected chi connectivity index (χ0v) is 17.0. The van der Waals surface area contributed by atoms with Gasteiger partial charge in [0.2, 0.25) is 15.9 Å². The molecular weight excluding hydrogens is 400 g/mol. The maximum atomic E-state index is 13.2. The van der Waals surface area contributed by atoms with E-state index in [9.17, 15) is 18.0 Å². The van der Waals surface area contributed by atoms with Gasteiger partial charge in [0, 0.05) is 12.2 Å². The van der Waals surface area contributed by atoms with E-state index in [0.717, 1.165) is 12.7 Å². The van der Waals surface area contributed by atoms with Crippen molar-refractivity contribution in [1.82, 2.24) is 9.88 Å². The Morgan fingerprint density at radius 2 is 2.11 bits per heavy atom. The summed E-state index contributed by atoms with van der Waals surface area (Å²) >= 11 is 1.35. The number of hydrogen-bond donors (Lipinski definition) is 2. The number of primary amides is 1. The lowest BCUT2D eigenvalue weighted by molar-refractivity contribution is -0.122. The van der Waals surface area contributed by atoms with E-state index >= 15 is 0 Å². The molecular formula is C18H20N4O4S2. The Balaban J connectivity index is 1.69. The number of fused-ring (bicyclic) bond motifs is 1. The van der Waals surface area contributed by atoms with Gasteiger partial charge >= 0.3 is 0 Å². The van der Waals surface area contributed by atoms with Gasteiger partial charge in [0.15, 0.2) is 0 Å². The first kappa shape index (κ1) is 18.9. The minimum atomic E-state index is -3.42. The summed E-state index contributed by atoms with van der Waals surface area (Å²) in [6.45, 7) is 2.32. The number of aromatic nitrogens is 1. The molecule has 8 nitrogen and oxygen atoms in total. The molecule has 2 amide bonds. The molecule has 0 radical (unpaired) electrons. The zero-order valence-electron chi connectivity index (χ0n) is 15.4. The number of carbonyl (C=O) groups is 2. The number of rotatable bonds is 5. The molecule has 1 saturated heterocycles. The second kappa shape index (κ2) is 6.56. The third-order valence-corrected chi connectivity index (χ3v) is 6.69. The number of amides is 2. The Kier molecular flexibility index (Phi) is 4.42. The van der Waals surface area contributed by atoms with Gasteiger partial charge in [-0.15, -0.1) is 11.3 Å². The van der Waals surface area contributed by atoms with Crippen molar-refractivity contribution >= 4 is 38.9 Å². The Labute approximate surface area is 166 Å². The molecule has 148 valence electrons. The lowest BCUT2D eigenvalue weighted by atomic mass is 10.1. The number of thiazole rings is 1. The predicted octanol–water partition coefficient (Wildman–Crippen LogP) is 1.44. The predicted molar refractivity (Wildman–Crippen MR) is 106 cm³/mol. The van der Waals surface area contributed by atoms with Crippen molar-refractivity contribution < 1.29 is 18.0 Å². The van der Waals surface area contributed by atoms with Gasteiger partial charge in [-0.1, -0.05) is 12.1 Å². The van der Waals surface area contributed by atoms with Gasteiger partial charge in [-0.25, -0.2) is 13.4 Å². The van der Waals surface area contributed by atoms with Crippen molar-refractivity contribution in [3.63, 3.8) is 0 Å². The highest BCUT2D eigenvalue weighted by atomic mass is 32.2. The van der Waals surface area contributed by atoms with Crippen LogP contribution in [0.4, 0.5) is 5.69 Å². The molecule has 1 aliphatic heterocycles. The number of nitrogens with one attached hydrogen (secondary N) is 1. The van der Waals surface area contributed by atoms with Crippen molar-refractivity contribution in [3.05, 3.63) is 35.0 Å². The van der Waals surface area contributed by atoms with Crippen LogP contribution in [0.25, 0.3) is 10.4 Å². The van der Waals surface area contributed by atoms with Gasteiger partial charge in [-0.3, -0.25) is 14.3 Å². The molecule has 0 bridgehead atoms. The quantitative estimate of drug-likeness (QED) is 0.758. The third kappa shape index (κ3) is 3.49. The molecule has 0 unspecified atom stereocenters. The molecule has 2 aliphatic rings. The molecule has 10 heteroatoms. The lowest BCUT2D eigenvalue weighted by Gasteiger charge is -2.24. The van der Waals surface area contributed by atoms with Gasteiger partial charge in [0.25, 0.3) is 5.91 Å². The monoisotopic (exact) mass is 420 g/mol. The summed E-state index contributed by atoms with van der Waals surface area (Å²) in [5, 5.41) is 0.708. The van der Waals surface area contributed by atoms with Crippen molar-refractivity contribution in [3.8, 4) is 10.4 Å². The fraction of sp³-hybridized carbons (Fsp3) is 0.389. The van der Waals surface area contributed by atoms with Gasteiger partial charge in [-0.2, -0.15) is 0 Å². The summed E-state index contributed by atoms with van der Waals surface area (Å²) in [7, 11) is -3.42. The minimum absolute atomic E-state index is 0.159. The van der Waals surface area contributed by atoms with Crippen LogP contribution >= 0.6 is 11.3 Å². The highest BCUT2D eigenvalue weighted by Crippen LogP contribution is 2.50. The fourth-order valence-electron chi connectivity index (χ4n) is 3.88. The SMILES string of the molecule is Cc1nc(C(=O)N2C[C@@H]3C[C@@H]3[C@H]2C(N)=O)c(-c2cccc(NS(C)(=O)=O)c2)s1. The highest BCUT2D eigenvalue weighted by molar-refractivity contribution is 7.92. The van der Waals surface area contributed by atoms with Crippen LogP contribution in [0, 0.1) is 18.8 Å². The second-order valence-corrected chi connectivity index (χ2v) is 10.3. The average molecular weight is 421 g/mol. The third-order valence-electron chi connectivity index (χ3n) is 5.07. The molecule has 2 fully saturated rings. The minimum Gasteiger partial charge on any atom is -0.368 e. The Hall–Kier alpha value is -2.46. The maximum absolute atomic E-state index is 13.2. The van der Waals surface area contributed by atoms with Crippen molar-refractivity contribution in [2.75, 3.05) is 17.5 Å². The van der Waals surface area contributed by atoms with Crippen LogP contribution < -0.4 is 10.5 Å². The van der Waals surface area contributed by atoms with Gasteiger partial charge in [-0.05, 0) is 42.9 Å². The summed E-state index contributed by atoms with van der Waals surface area (Å²) < 4.78 is 25.5. The molecule has 2 heterocycles. The highest BCUT2D eigenvalue weighted by Gasteiger charge is 2.56. The molecule has 3 N–H and O–H groups in total. The van der Waals surface area contributed by atoms with Gasteiger partial charge in [0.05, 0.1) is 16.1 Å². The van der Waals surface area contributed by atoms with E-state index in [1.54, 1.807) is 31.2 Å². The van der Waals surface area contributed by atoms with Crippen LogP contribution in [0.3, 0.4) is 0 Å². The molecule has 1 aliphatic carbocycles. The van der Waals surface area contributed by atoms with Crippen LogP contribution in [0.2, 0.25) is 0 Å². The summed E-state index contributed by atoms with van der Waals surface area (Å²) in [6.07, 6.45) is 2.01. The Bertz CT molecular complexity index is 1080. The number of anilines is 1. The largest absolute Gasteiger partial charge is 0.368 e. The second-order valence-electron chi connectivity index (χ2n) is 7.33. The first-order chi connectivity index (χ1) is 13.1. The van der Waals surface area contributed by atoms with E-state index in [4.69, 9.17) is 5.73 Å². The van der Waals surface area contributed by atoms with E-state index in [0.29, 0.717) is 33.6 Å². The number of likely N-dealkylation sites (tertiary alicyclic amines) is 1. The Morgan fingerprint density at radius 3 is 2.79 bits per heavy atom. The van der Waals surface area contributed by atoms with Crippen molar-refractivity contribution in [2.24, 2.45) is 17.6 Å². The van der Waals surface area contributed by atoms with E-state index in [2.05, 4.69) is 9.71 Å². The number of sulfonamides is 1. The lowest BCUT2D eigenvalue weighted by Crippen LogP contribution is -2.46. The van der Waals surface area contributed by atoms with E-state index in [1.165, 1.54) is 16.2 Å². The molecule has 1 saturated carbocycles. The fourth-order valence-corrected chi connectivity index (χ4v) is 5.34. The van der Waals surface area contributed by atoms with Gasteiger partial charge < -0.3 is 10.6 Å². The number of nitrogens with zero attached hydrogens (tertiary/aromatic N) is 2. The summed E-state index contributed by atoms with van der Waals surface area (Å²) in [5.74, 6) is -0.290. The number of nitrogens with two attached hydrogens (primary N) is 1. The van der Waals surface area contributed by atoms with Crippen molar-refractivity contribution in [2.45, 2.75) is 19.4 Å². The zero-order chi connectivity index (χ0) is 20.2. The van der Waals surface area contributed by atoms with E-state index in [-0.39, 0.29) is 17.5 Å². The van der Waals surface area contributed by atoms with E-state index < -0.39 is 22.0 Å². The smallest absolute Gasteiger partial charge is 0.274 e. The Morgan fingerprint density at radius 1 is 1.36 bits per heavy atom. The first-order valence-corrected chi connectivity index (χ1v) is 11.5. The molecule has 4 rings (SSSR count). The summed E-state index contributed by atoms with van der Waals surface area (Å²) in [6, 6.07) is 6.23.